The topological polar surface area (TPSA) is 77.2 Å². The molecule has 1 aliphatic rings. The molecule has 0 atom stereocenters. The van der Waals surface area contributed by atoms with Gasteiger partial charge in [-0.3, -0.25) is 19.7 Å². The van der Waals surface area contributed by atoms with Crippen LogP contribution in [0.5, 0.6) is 0 Å². The molecular formula is C22H28N6O. The number of anilines is 1. The first-order chi connectivity index (χ1) is 14.2. The van der Waals surface area contributed by atoms with Crippen molar-refractivity contribution >= 4 is 16.7 Å². The van der Waals surface area contributed by atoms with Gasteiger partial charge in [0.05, 0.1) is 28.6 Å². The average molecular weight is 393 g/mol. The highest BCUT2D eigenvalue weighted by Crippen LogP contribution is 2.18. The van der Waals surface area contributed by atoms with Gasteiger partial charge in [-0.05, 0) is 43.3 Å². The second-order valence-corrected chi connectivity index (χ2v) is 7.55. The van der Waals surface area contributed by atoms with E-state index >= 15 is 0 Å². The molecule has 7 heteroatoms. The molecule has 0 aromatic carbocycles. The van der Waals surface area contributed by atoms with Crippen LogP contribution in [-0.2, 0) is 19.5 Å². The average Bonchev–Trinajstić information content (AvgIpc) is 2.75. The Balaban J connectivity index is 1.38. The zero-order valence-electron chi connectivity index (χ0n) is 17.1. The molecule has 0 bridgehead atoms. The van der Waals surface area contributed by atoms with E-state index in [9.17, 15) is 4.79 Å². The number of hydrogen-bond acceptors (Lipinski definition) is 6. The molecule has 0 saturated carbocycles. The molecule has 1 saturated heterocycles. The van der Waals surface area contributed by atoms with E-state index in [2.05, 4.69) is 48.3 Å². The molecule has 1 fully saturated rings. The summed E-state index contributed by atoms with van der Waals surface area (Å²) in [5, 5.41) is 3.12. The van der Waals surface area contributed by atoms with Gasteiger partial charge in [0.15, 0.2) is 0 Å². The highest BCUT2D eigenvalue weighted by molar-refractivity contribution is 5.74. The van der Waals surface area contributed by atoms with Gasteiger partial charge in [-0.25, -0.2) is 0 Å². The lowest BCUT2D eigenvalue weighted by Crippen LogP contribution is -2.46. The third-order valence-corrected chi connectivity index (χ3v) is 5.52. The maximum absolute atomic E-state index is 12.1. The molecule has 0 spiro atoms. The Kier molecular flexibility index (Phi) is 5.87. The summed E-state index contributed by atoms with van der Waals surface area (Å²) >= 11 is 0. The van der Waals surface area contributed by atoms with Crippen LogP contribution >= 0.6 is 0 Å². The predicted molar refractivity (Wildman–Crippen MR) is 116 cm³/mol. The zero-order valence-corrected chi connectivity index (χ0v) is 17.1. The van der Waals surface area contributed by atoms with Gasteiger partial charge in [-0.2, -0.15) is 0 Å². The molecule has 4 heterocycles. The quantitative estimate of drug-likeness (QED) is 0.668. The third-order valence-electron chi connectivity index (χ3n) is 5.52. The van der Waals surface area contributed by atoms with Crippen LogP contribution < -0.4 is 15.8 Å². The number of nitrogens with one attached hydrogen (secondary N) is 2. The number of aryl methyl sites for hydroxylation is 1. The molecule has 0 aliphatic carbocycles. The highest BCUT2D eigenvalue weighted by atomic mass is 16.1. The van der Waals surface area contributed by atoms with Crippen LogP contribution in [0, 0.1) is 0 Å². The molecule has 2 N–H and O–H groups in total. The Morgan fingerprint density at radius 1 is 1.10 bits per heavy atom. The molecule has 7 nitrogen and oxygen atoms in total. The Hall–Kier alpha value is -2.77. The van der Waals surface area contributed by atoms with Crippen molar-refractivity contribution in [3.8, 4) is 0 Å². The van der Waals surface area contributed by atoms with Gasteiger partial charge in [0, 0.05) is 51.0 Å². The second kappa shape index (κ2) is 8.71. The zero-order chi connectivity index (χ0) is 20.2. The molecular weight excluding hydrogens is 364 g/mol. The normalized spacial score (nSPS) is 15.2. The van der Waals surface area contributed by atoms with Crippen LogP contribution in [0.3, 0.4) is 0 Å². The molecule has 0 radical (unpaired) electrons. The van der Waals surface area contributed by atoms with Crippen LogP contribution in [0.15, 0.2) is 41.5 Å². The van der Waals surface area contributed by atoms with Crippen molar-refractivity contribution in [2.75, 3.05) is 38.1 Å². The molecule has 0 unspecified atom stereocenters. The molecule has 3 aromatic rings. The van der Waals surface area contributed by atoms with Gasteiger partial charge in [-0.15, -0.1) is 0 Å². The van der Waals surface area contributed by atoms with Gasteiger partial charge in [0.2, 0.25) is 0 Å². The summed E-state index contributed by atoms with van der Waals surface area (Å²) < 4.78 is 0. The minimum Gasteiger partial charge on any atom is -0.368 e. The maximum Gasteiger partial charge on any atom is 0.251 e. The van der Waals surface area contributed by atoms with Gasteiger partial charge < -0.3 is 15.2 Å². The van der Waals surface area contributed by atoms with E-state index in [0.717, 1.165) is 67.1 Å². The summed E-state index contributed by atoms with van der Waals surface area (Å²) in [5.41, 5.74) is 5.80. The van der Waals surface area contributed by atoms with E-state index in [1.54, 1.807) is 0 Å². The summed E-state index contributed by atoms with van der Waals surface area (Å²) in [6, 6.07) is 8.19. The molecule has 152 valence electrons. The minimum absolute atomic E-state index is 0.0121. The predicted octanol–water partition coefficient (Wildman–Crippen LogP) is 1.92. The lowest BCUT2D eigenvalue weighted by molar-refractivity contribution is 0.249. The van der Waals surface area contributed by atoms with Crippen LogP contribution in [-0.4, -0.2) is 53.1 Å². The summed E-state index contributed by atoms with van der Waals surface area (Å²) in [7, 11) is 1.93. The number of rotatable bonds is 6. The Labute approximate surface area is 170 Å². The lowest BCUT2D eigenvalue weighted by atomic mass is 10.1. The number of pyridine rings is 3. The fourth-order valence-corrected chi connectivity index (χ4v) is 3.83. The van der Waals surface area contributed by atoms with E-state index < -0.39 is 0 Å². The standard InChI is InChI=1S/C22H28N6O/c1-3-17-11-20-21(26-22(17)29)10-16(12-25-20)15-27-6-8-28(9-7-27)19-5-4-18(13-23-2)24-14-19/h4-5,10-12,14,23H,3,6-9,13,15H2,1-2H3,(H,26,29). The monoisotopic (exact) mass is 392 g/mol. The summed E-state index contributed by atoms with van der Waals surface area (Å²) in [6.07, 6.45) is 4.61. The molecule has 4 rings (SSSR count). The lowest BCUT2D eigenvalue weighted by Gasteiger charge is -2.36. The Morgan fingerprint density at radius 3 is 2.62 bits per heavy atom. The number of nitrogens with zero attached hydrogens (tertiary/aromatic N) is 4. The van der Waals surface area contributed by atoms with E-state index in [1.807, 2.05) is 32.4 Å². The first-order valence-electron chi connectivity index (χ1n) is 10.2. The molecule has 3 aromatic heterocycles. The van der Waals surface area contributed by atoms with Gasteiger partial charge in [0.1, 0.15) is 0 Å². The van der Waals surface area contributed by atoms with Crippen molar-refractivity contribution in [1.29, 1.82) is 0 Å². The van der Waals surface area contributed by atoms with Crippen LogP contribution in [0.25, 0.3) is 11.0 Å². The number of hydrogen-bond donors (Lipinski definition) is 2. The van der Waals surface area contributed by atoms with Crippen LogP contribution in [0.4, 0.5) is 5.69 Å². The number of piperazine rings is 1. The highest BCUT2D eigenvalue weighted by Gasteiger charge is 2.18. The minimum atomic E-state index is -0.0121. The fraction of sp³-hybridized carbons (Fsp3) is 0.409. The fourth-order valence-electron chi connectivity index (χ4n) is 3.83. The summed E-state index contributed by atoms with van der Waals surface area (Å²) in [4.78, 5) is 29.0. The van der Waals surface area contributed by atoms with Crippen molar-refractivity contribution in [1.82, 2.24) is 25.2 Å². The number of fused-ring (bicyclic) bond motifs is 1. The van der Waals surface area contributed by atoms with Crippen molar-refractivity contribution in [2.45, 2.75) is 26.4 Å². The molecule has 1 aliphatic heterocycles. The Bertz CT molecular complexity index is 1020. The first kappa shape index (κ1) is 19.5. The van der Waals surface area contributed by atoms with E-state index in [0.29, 0.717) is 6.42 Å². The van der Waals surface area contributed by atoms with E-state index in [-0.39, 0.29) is 5.56 Å². The second-order valence-electron chi connectivity index (χ2n) is 7.55. The summed E-state index contributed by atoms with van der Waals surface area (Å²) in [5.74, 6) is 0. The number of aromatic nitrogens is 3. The van der Waals surface area contributed by atoms with Gasteiger partial charge in [0.25, 0.3) is 5.56 Å². The van der Waals surface area contributed by atoms with Crippen molar-refractivity contribution in [3.05, 3.63) is 63.8 Å². The molecule has 29 heavy (non-hydrogen) atoms. The SMILES string of the molecule is CCc1cc2ncc(CN3CCN(c4ccc(CNC)nc4)CC3)cc2[nH]c1=O. The first-order valence-corrected chi connectivity index (χ1v) is 10.2. The van der Waals surface area contributed by atoms with Gasteiger partial charge in [-0.1, -0.05) is 6.92 Å². The van der Waals surface area contributed by atoms with Crippen molar-refractivity contribution in [2.24, 2.45) is 0 Å². The molecule has 0 amide bonds. The number of H-pyrrole nitrogens is 1. The smallest absolute Gasteiger partial charge is 0.251 e. The van der Waals surface area contributed by atoms with Crippen LogP contribution in [0.2, 0.25) is 0 Å². The summed E-state index contributed by atoms with van der Waals surface area (Å²) in [6.45, 7) is 7.54. The largest absolute Gasteiger partial charge is 0.368 e. The van der Waals surface area contributed by atoms with E-state index in [1.165, 1.54) is 5.69 Å². The maximum atomic E-state index is 12.1. The van der Waals surface area contributed by atoms with Crippen LogP contribution in [0.1, 0.15) is 23.7 Å². The third kappa shape index (κ3) is 4.46. The van der Waals surface area contributed by atoms with Gasteiger partial charge >= 0.3 is 0 Å². The Morgan fingerprint density at radius 2 is 1.93 bits per heavy atom. The number of aromatic amines is 1. The van der Waals surface area contributed by atoms with E-state index in [4.69, 9.17) is 0 Å². The van der Waals surface area contributed by atoms with Crippen molar-refractivity contribution in [3.63, 3.8) is 0 Å². The van der Waals surface area contributed by atoms with Crippen molar-refractivity contribution < 1.29 is 0 Å².